The van der Waals surface area contributed by atoms with Gasteiger partial charge in [0.2, 0.25) is 5.69 Å². The van der Waals surface area contributed by atoms with E-state index in [1.807, 2.05) is 44.5 Å². The number of nitriles is 1. The first kappa shape index (κ1) is 22.2. The van der Waals surface area contributed by atoms with Crippen LogP contribution < -0.4 is 4.90 Å². The van der Waals surface area contributed by atoms with Gasteiger partial charge < -0.3 is 14.5 Å². The Bertz CT molecular complexity index is 913. The number of nitrogens with zero attached hydrogens (tertiary/aromatic N) is 5. The lowest BCUT2D eigenvalue weighted by Gasteiger charge is -2.43. The first-order valence-corrected chi connectivity index (χ1v) is 10.7. The van der Waals surface area contributed by atoms with Crippen LogP contribution >= 0.6 is 11.6 Å². The Kier molecular flexibility index (Phi) is 6.15. The number of piperidine rings is 1. The van der Waals surface area contributed by atoms with Crippen LogP contribution in [0.2, 0.25) is 5.15 Å². The molecule has 2 fully saturated rings. The molecule has 2 saturated heterocycles. The third kappa shape index (κ3) is 4.04. The van der Waals surface area contributed by atoms with E-state index in [9.17, 15) is 10.1 Å². The van der Waals surface area contributed by atoms with Crippen LogP contribution in [0.15, 0.2) is 0 Å². The van der Waals surface area contributed by atoms with Crippen molar-refractivity contribution in [3.63, 3.8) is 0 Å². The van der Waals surface area contributed by atoms with Crippen LogP contribution in [0.4, 0.5) is 16.3 Å². The Morgan fingerprint density at radius 1 is 1.40 bits per heavy atom. The number of halogens is 1. The highest BCUT2D eigenvalue weighted by atomic mass is 35.5. The Hall–Kier alpha value is -2.51. The van der Waals surface area contributed by atoms with Crippen molar-refractivity contribution in [2.24, 2.45) is 0 Å². The predicted molar refractivity (Wildman–Crippen MR) is 116 cm³/mol. The van der Waals surface area contributed by atoms with Gasteiger partial charge in [0.25, 0.3) is 0 Å². The van der Waals surface area contributed by atoms with Crippen molar-refractivity contribution in [2.45, 2.75) is 83.5 Å². The minimum absolute atomic E-state index is 0.113. The average molecular weight is 430 g/mol. The van der Waals surface area contributed by atoms with Crippen LogP contribution in [0.1, 0.15) is 64.5 Å². The number of carbonyl (C=O) groups is 1. The van der Waals surface area contributed by atoms with E-state index in [2.05, 4.69) is 15.9 Å². The van der Waals surface area contributed by atoms with E-state index < -0.39 is 5.60 Å². The van der Waals surface area contributed by atoms with E-state index in [0.29, 0.717) is 23.5 Å². The molecular formula is C22H28ClN5O2. The van der Waals surface area contributed by atoms with Crippen molar-refractivity contribution in [1.82, 2.24) is 9.88 Å². The van der Waals surface area contributed by atoms with Crippen LogP contribution in [0.3, 0.4) is 0 Å². The van der Waals surface area contributed by atoms with Crippen molar-refractivity contribution < 1.29 is 9.53 Å². The van der Waals surface area contributed by atoms with Crippen molar-refractivity contribution in [2.75, 3.05) is 11.9 Å². The summed E-state index contributed by atoms with van der Waals surface area (Å²) in [7, 11) is 1.92. The van der Waals surface area contributed by atoms with Gasteiger partial charge in [0.05, 0.1) is 12.1 Å². The first-order valence-electron chi connectivity index (χ1n) is 10.3. The average Bonchev–Trinajstić information content (AvgIpc) is 2.95. The maximum absolute atomic E-state index is 12.7. The van der Waals surface area contributed by atoms with Crippen LogP contribution in [0.5, 0.6) is 0 Å². The molecule has 2 aliphatic heterocycles. The highest BCUT2D eigenvalue weighted by molar-refractivity contribution is 6.31. The molecular weight excluding hydrogens is 402 g/mol. The standard InChI is InChI=1S/C22H28ClN5O2/c1-7-16-17(12-24)19(23)26-20(18(16)25-5)27(6)15-10-13-8-9-14(11-15)28(13)21(29)30-22(2,3)4/h13-15H,7-11H2,1-4,6H3. The summed E-state index contributed by atoms with van der Waals surface area (Å²) < 4.78 is 5.62. The van der Waals surface area contributed by atoms with E-state index in [1.54, 1.807) is 0 Å². The third-order valence-corrected chi connectivity index (χ3v) is 6.25. The van der Waals surface area contributed by atoms with Crippen LogP contribution in [-0.2, 0) is 11.2 Å². The molecule has 0 aromatic carbocycles. The minimum Gasteiger partial charge on any atom is -0.444 e. The molecule has 1 amide bonds. The van der Waals surface area contributed by atoms with Gasteiger partial charge in [-0.05, 0) is 58.4 Å². The second-order valence-corrected chi connectivity index (χ2v) is 9.37. The third-order valence-electron chi connectivity index (χ3n) is 5.98. The zero-order valence-electron chi connectivity index (χ0n) is 18.2. The number of carbonyl (C=O) groups excluding carboxylic acids is 1. The van der Waals surface area contributed by atoms with Gasteiger partial charge in [-0.3, -0.25) is 0 Å². The molecule has 3 heterocycles. The molecule has 2 aliphatic rings. The van der Waals surface area contributed by atoms with Gasteiger partial charge in [-0.25, -0.2) is 14.6 Å². The number of hydrogen-bond acceptors (Lipinski definition) is 5. The normalized spacial score (nSPS) is 22.9. The molecule has 1 aromatic heterocycles. The number of amides is 1. The molecule has 0 saturated carbocycles. The molecule has 2 unspecified atom stereocenters. The fraction of sp³-hybridized carbons (Fsp3) is 0.636. The van der Waals surface area contributed by atoms with Crippen molar-refractivity contribution in [3.8, 4) is 6.07 Å². The molecule has 30 heavy (non-hydrogen) atoms. The Morgan fingerprint density at radius 2 is 2.00 bits per heavy atom. The van der Waals surface area contributed by atoms with Gasteiger partial charge >= 0.3 is 6.09 Å². The van der Waals surface area contributed by atoms with Crippen molar-refractivity contribution in [1.29, 1.82) is 5.26 Å². The fourth-order valence-corrected chi connectivity index (χ4v) is 4.89. The van der Waals surface area contributed by atoms with E-state index in [0.717, 1.165) is 25.7 Å². The highest BCUT2D eigenvalue weighted by Crippen LogP contribution is 2.42. The number of hydrogen-bond donors (Lipinski definition) is 0. The molecule has 0 radical (unpaired) electrons. The van der Waals surface area contributed by atoms with Gasteiger partial charge in [-0.15, -0.1) is 0 Å². The monoisotopic (exact) mass is 429 g/mol. The summed E-state index contributed by atoms with van der Waals surface area (Å²) in [5, 5.41) is 9.56. The second-order valence-electron chi connectivity index (χ2n) is 9.01. The molecule has 7 nitrogen and oxygen atoms in total. The number of rotatable bonds is 3. The lowest BCUT2D eigenvalue weighted by atomic mass is 9.96. The van der Waals surface area contributed by atoms with Gasteiger partial charge in [-0.1, -0.05) is 18.5 Å². The molecule has 8 heteroatoms. The maximum atomic E-state index is 12.7. The lowest BCUT2D eigenvalue weighted by molar-refractivity contribution is 0.00598. The molecule has 2 atom stereocenters. The van der Waals surface area contributed by atoms with E-state index in [1.165, 1.54) is 0 Å². The van der Waals surface area contributed by atoms with E-state index in [-0.39, 0.29) is 34.9 Å². The zero-order chi connectivity index (χ0) is 22.2. The van der Waals surface area contributed by atoms with E-state index in [4.69, 9.17) is 22.9 Å². The summed E-state index contributed by atoms with van der Waals surface area (Å²) in [6, 6.07) is 2.44. The molecule has 0 spiro atoms. The fourth-order valence-electron chi connectivity index (χ4n) is 4.65. The molecule has 160 valence electrons. The number of fused-ring (bicyclic) bond motifs is 2. The number of anilines is 1. The van der Waals surface area contributed by atoms with Crippen molar-refractivity contribution in [3.05, 3.63) is 27.7 Å². The topological polar surface area (TPSA) is 73.8 Å². The highest BCUT2D eigenvalue weighted by Gasteiger charge is 2.46. The van der Waals surface area contributed by atoms with Crippen molar-refractivity contribution >= 4 is 29.2 Å². The SMILES string of the molecule is [C-]#[N+]c1c(N(C)C2CC3CCC(C2)N3C(=O)OC(C)(C)C)nc(Cl)c(C#N)c1CC. The molecule has 3 rings (SSSR count). The van der Waals surface area contributed by atoms with Crippen LogP contribution in [0.25, 0.3) is 4.85 Å². The summed E-state index contributed by atoms with van der Waals surface area (Å²) in [6.45, 7) is 15.2. The van der Waals surface area contributed by atoms with Crippen LogP contribution in [-0.4, -0.2) is 46.8 Å². The summed E-state index contributed by atoms with van der Waals surface area (Å²) >= 11 is 6.29. The second kappa shape index (κ2) is 8.32. The Morgan fingerprint density at radius 3 is 2.47 bits per heavy atom. The van der Waals surface area contributed by atoms with Gasteiger partial charge in [0, 0.05) is 25.2 Å². The quantitative estimate of drug-likeness (QED) is 0.494. The maximum Gasteiger partial charge on any atom is 0.410 e. The summed E-state index contributed by atoms with van der Waals surface area (Å²) in [5.41, 5.74) is 0.794. The minimum atomic E-state index is -0.519. The van der Waals surface area contributed by atoms with Gasteiger partial charge in [0.1, 0.15) is 22.6 Å². The smallest absolute Gasteiger partial charge is 0.410 e. The summed E-state index contributed by atoms with van der Waals surface area (Å²) in [4.78, 5) is 24.7. The van der Waals surface area contributed by atoms with Crippen LogP contribution in [0, 0.1) is 17.9 Å². The van der Waals surface area contributed by atoms with Gasteiger partial charge in [0.15, 0.2) is 0 Å². The molecule has 0 N–H and O–H groups in total. The lowest BCUT2D eigenvalue weighted by Crippen LogP contribution is -2.53. The molecule has 2 bridgehead atoms. The zero-order valence-corrected chi connectivity index (χ0v) is 19.0. The van der Waals surface area contributed by atoms with Gasteiger partial charge in [-0.2, -0.15) is 5.26 Å². The summed E-state index contributed by atoms with van der Waals surface area (Å²) in [6.07, 6.45) is 3.75. The van der Waals surface area contributed by atoms with E-state index >= 15 is 0 Å². The first-order chi connectivity index (χ1) is 14.1. The number of aromatic nitrogens is 1. The molecule has 1 aromatic rings. The largest absolute Gasteiger partial charge is 0.444 e. The number of ether oxygens (including phenoxy) is 1. The Balaban J connectivity index is 1.87. The number of pyridine rings is 1. The summed E-state index contributed by atoms with van der Waals surface area (Å²) in [5.74, 6) is 0.515. The predicted octanol–water partition coefficient (Wildman–Crippen LogP) is 5.09. The Labute approximate surface area is 183 Å². The molecule has 0 aliphatic carbocycles.